The van der Waals surface area contributed by atoms with Crippen molar-refractivity contribution >= 4 is 32.9 Å². The van der Waals surface area contributed by atoms with Crippen LogP contribution in [0.1, 0.15) is 29.0 Å². The first kappa shape index (κ1) is 14.4. The number of furan rings is 1. The Balaban J connectivity index is 1.82. The van der Waals surface area contributed by atoms with Crippen molar-refractivity contribution in [1.82, 2.24) is 4.98 Å². The molecule has 0 N–H and O–H groups in total. The van der Waals surface area contributed by atoms with Crippen LogP contribution in [0.15, 0.2) is 40.1 Å². The molecule has 5 rings (SSSR count). The molecule has 0 saturated carbocycles. The lowest BCUT2D eigenvalue weighted by molar-refractivity contribution is 0.546. The Labute approximate surface area is 148 Å². The second-order valence-electron chi connectivity index (χ2n) is 6.33. The van der Waals surface area contributed by atoms with Crippen LogP contribution in [0.2, 0.25) is 0 Å². The zero-order valence-corrected chi connectivity index (χ0v) is 15.1. The van der Waals surface area contributed by atoms with Crippen LogP contribution in [0.3, 0.4) is 0 Å². The normalized spacial score (nSPS) is 14.2. The van der Waals surface area contributed by atoms with Gasteiger partial charge >= 0.3 is 0 Å². The van der Waals surface area contributed by atoms with E-state index in [1.807, 2.05) is 30.4 Å². The molecule has 4 heterocycles. The van der Waals surface area contributed by atoms with Crippen molar-refractivity contribution in [3.05, 3.63) is 51.9 Å². The molecule has 0 saturated heterocycles. The molecule has 0 bridgehead atoms. The third kappa shape index (κ3) is 2.25. The van der Waals surface area contributed by atoms with Crippen LogP contribution in [0.5, 0.6) is 0 Å². The highest BCUT2D eigenvalue weighted by Crippen LogP contribution is 2.43. The van der Waals surface area contributed by atoms with Crippen molar-refractivity contribution in [3.8, 4) is 21.9 Å². The Bertz CT molecular complexity index is 1020. The summed E-state index contributed by atoms with van der Waals surface area (Å²) in [7, 11) is 0. The van der Waals surface area contributed by atoms with Gasteiger partial charge in [0, 0.05) is 20.7 Å². The number of thiophene rings is 2. The molecule has 0 amide bonds. The van der Waals surface area contributed by atoms with Gasteiger partial charge < -0.3 is 4.42 Å². The quantitative estimate of drug-likeness (QED) is 0.413. The largest absolute Gasteiger partial charge is 0.460 e. The van der Waals surface area contributed by atoms with Crippen molar-refractivity contribution < 1.29 is 4.42 Å². The van der Waals surface area contributed by atoms with Gasteiger partial charge in [-0.05, 0) is 67.8 Å². The third-order valence-corrected chi connectivity index (χ3v) is 6.79. The van der Waals surface area contributed by atoms with Crippen LogP contribution >= 0.6 is 22.7 Å². The SMILES string of the molecule is Cc1ccc(-c2cc(-c3cccs3)c3c4c(sc3n2)CCCC4)o1. The van der Waals surface area contributed by atoms with E-state index >= 15 is 0 Å². The van der Waals surface area contributed by atoms with E-state index in [1.54, 1.807) is 16.9 Å². The average molecular weight is 351 g/mol. The smallest absolute Gasteiger partial charge is 0.152 e. The zero-order valence-electron chi connectivity index (χ0n) is 13.5. The zero-order chi connectivity index (χ0) is 16.1. The summed E-state index contributed by atoms with van der Waals surface area (Å²) in [5, 5.41) is 3.53. The maximum absolute atomic E-state index is 5.84. The summed E-state index contributed by atoms with van der Waals surface area (Å²) in [6.45, 7) is 1.98. The number of fused-ring (bicyclic) bond motifs is 3. The molecule has 1 aliphatic rings. The van der Waals surface area contributed by atoms with Crippen molar-refractivity contribution in [2.24, 2.45) is 0 Å². The number of rotatable bonds is 2. The van der Waals surface area contributed by atoms with Gasteiger partial charge in [0.05, 0.1) is 0 Å². The third-order valence-electron chi connectivity index (χ3n) is 4.70. The molecule has 0 aliphatic heterocycles. The van der Waals surface area contributed by atoms with E-state index in [2.05, 4.69) is 23.6 Å². The molecule has 0 aromatic carbocycles. The van der Waals surface area contributed by atoms with Gasteiger partial charge in [0.2, 0.25) is 0 Å². The highest BCUT2D eigenvalue weighted by molar-refractivity contribution is 7.19. The lowest BCUT2D eigenvalue weighted by Gasteiger charge is -2.12. The molecule has 2 nitrogen and oxygen atoms in total. The monoisotopic (exact) mass is 351 g/mol. The van der Waals surface area contributed by atoms with Gasteiger partial charge in [0.25, 0.3) is 0 Å². The van der Waals surface area contributed by atoms with Crippen LogP contribution in [-0.4, -0.2) is 4.98 Å². The summed E-state index contributed by atoms with van der Waals surface area (Å²) < 4.78 is 5.84. The first-order valence-electron chi connectivity index (χ1n) is 8.35. The standard InChI is InChI=1S/C20H17NOS2/c1-12-8-9-16(22-12)15-11-14(17-7-4-10-23-17)19-13-5-2-3-6-18(13)24-20(19)21-15/h4,7-11H,2-3,5-6H2,1H3. The minimum Gasteiger partial charge on any atom is -0.460 e. The van der Waals surface area contributed by atoms with Crippen LogP contribution in [0, 0.1) is 6.92 Å². The molecular weight excluding hydrogens is 334 g/mol. The van der Waals surface area contributed by atoms with Gasteiger partial charge in [0.15, 0.2) is 5.76 Å². The van der Waals surface area contributed by atoms with E-state index in [0.717, 1.165) is 22.0 Å². The fraction of sp³-hybridized carbons (Fsp3) is 0.250. The Morgan fingerprint density at radius 3 is 2.83 bits per heavy atom. The summed E-state index contributed by atoms with van der Waals surface area (Å²) in [6, 6.07) is 10.6. The van der Waals surface area contributed by atoms with Gasteiger partial charge in [0.1, 0.15) is 16.3 Å². The molecule has 4 aromatic rings. The first-order chi connectivity index (χ1) is 11.8. The number of hydrogen-bond acceptors (Lipinski definition) is 4. The Hall–Kier alpha value is -1.91. The lowest BCUT2D eigenvalue weighted by Crippen LogP contribution is -1.98. The summed E-state index contributed by atoms with van der Waals surface area (Å²) in [4.78, 5) is 8.98. The highest BCUT2D eigenvalue weighted by Gasteiger charge is 2.22. The number of aromatic nitrogens is 1. The maximum Gasteiger partial charge on any atom is 0.152 e. The van der Waals surface area contributed by atoms with E-state index in [0.29, 0.717) is 0 Å². The highest BCUT2D eigenvalue weighted by atomic mass is 32.1. The molecule has 4 heteroatoms. The molecule has 4 aromatic heterocycles. The second-order valence-corrected chi connectivity index (χ2v) is 8.37. The Morgan fingerprint density at radius 1 is 1.12 bits per heavy atom. The van der Waals surface area contributed by atoms with E-state index in [-0.39, 0.29) is 0 Å². The van der Waals surface area contributed by atoms with Gasteiger partial charge in [-0.1, -0.05) is 6.07 Å². The van der Waals surface area contributed by atoms with Crippen molar-refractivity contribution in [1.29, 1.82) is 0 Å². The van der Waals surface area contributed by atoms with E-state index in [4.69, 9.17) is 9.40 Å². The van der Waals surface area contributed by atoms with Gasteiger partial charge in [-0.3, -0.25) is 0 Å². The topological polar surface area (TPSA) is 26.0 Å². The average Bonchev–Trinajstić information content (AvgIpc) is 3.33. The molecule has 0 spiro atoms. The van der Waals surface area contributed by atoms with Crippen molar-refractivity contribution in [2.45, 2.75) is 32.6 Å². The Morgan fingerprint density at radius 2 is 2.04 bits per heavy atom. The minimum absolute atomic E-state index is 0.860. The van der Waals surface area contributed by atoms with Crippen LogP contribution in [0.4, 0.5) is 0 Å². The fourth-order valence-electron chi connectivity index (χ4n) is 3.58. The molecule has 1 aliphatic carbocycles. The van der Waals surface area contributed by atoms with E-state index in [1.165, 1.54) is 46.4 Å². The molecule has 0 fully saturated rings. The fourth-order valence-corrected chi connectivity index (χ4v) is 5.62. The van der Waals surface area contributed by atoms with Crippen LogP contribution < -0.4 is 0 Å². The molecular formula is C20H17NOS2. The van der Waals surface area contributed by atoms with Crippen molar-refractivity contribution in [2.75, 3.05) is 0 Å². The molecule has 0 radical (unpaired) electrons. The summed E-state index contributed by atoms with van der Waals surface area (Å²) >= 11 is 3.68. The Kier molecular flexibility index (Phi) is 3.35. The predicted molar refractivity (Wildman–Crippen MR) is 102 cm³/mol. The van der Waals surface area contributed by atoms with Crippen molar-refractivity contribution in [3.63, 3.8) is 0 Å². The molecule has 24 heavy (non-hydrogen) atoms. The number of nitrogens with zero attached hydrogens (tertiary/aromatic N) is 1. The van der Waals surface area contributed by atoms with E-state index in [9.17, 15) is 0 Å². The summed E-state index contributed by atoms with van der Waals surface area (Å²) in [6.07, 6.45) is 4.99. The molecule has 120 valence electrons. The van der Waals surface area contributed by atoms with Gasteiger partial charge in [-0.15, -0.1) is 22.7 Å². The molecule has 0 atom stereocenters. The predicted octanol–water partition coefficient (Wildman–Crippen LogP) is 6.47. The number of pyridine rings is 1. The van der Waals surface area contributed by atoms with Crippen LogP contribution in [-0.2, 0) is 12.8 Å². The van der Waals surface area contributed by atoms with Gasteiger partial charge in [-0.2, -0.15) is 0 Å². The lowest BCUT2D eigenvalue weighted by atomic mass is 9.94. The maximum atomic E-state index is 5.84. The van der Waals surface area contributed by atoms with E-state index < -0.39 is 0 Å². The number of aryl methyl sites for hydroxylation is 3. The van der Waals surface area contributed by atoms with Gasteiger partial charge in [-0.25, -0.2) is 4.98 Å². The molecule has 0 unspecified atom stereocenters. The van der Waals surface area contributed by atoms with Crippen LogP contribution in [0.25, 0.3) is 32.1 Å². The number of hydrogen-bond donors (Lipinski definition) is 0. The summed E-state index contributed by atoms with van der Waals surface area (Å²) in [5.41, 5.74) is 3.80. The summed E-state index contributed by atoms with van der Waals surface area (Å²) in [5.74, 6) is 1.79. The minimum atomic E-state index is 0.860. The second kappa shape index (κ2) is 5.57. The first-order valence-corrected chi connectivity index (χ1v) is 10.1.